The number of aromatic hydroxyl groups is 1. The van der Waals surface area contributed by atoms with E-state index in [1.807, 2.05) is 18.2 Å². The number of phenolic OH excluding ortho intramolecular Hbond substituents is 1. The van der Waals surface area contributed by atoms with Crippen molar-refractivity contribution in [2.75, 3.05) is 5.32 Å². The van der Waals surface area contributed by atoms with Gasteiger partial charge < -0.3 is 19.6 Å². The van der Waals surface area contributed by atoms with Crippen LogP contribution in [-0.2, 0) is 0 Å². The molecule has 0 fully saturated rings. The van der Waals surface area contributed by atoms with Crippen LogP contribution in [0.4, 0.5) is 5.69 Å². The monoisotopic (exact) mass is 823 g/mol. The van der Waals surface area contributed by atoms with E-state index in [-0.39, 0.29) is 0 Å². The zero-order valence-corrected chi connectivity index (χ0v) is 35.2. The molecule has 64 heavy (non-hydrogen) atoms. The van der Waals surface area contributed by atoms with Crippen LogP contribution in [0.3, 0.4) is 0 Å². The number of fused-ring (bicyclic) bond motifs is 6. The van der Waals surface area contributed by atoms with Crippen LogP contribution in [0.15, 0.2) is 248 Å². The standard InChI is InChI=1S/C36H28N2O.C24H17N/c39-36-15-6-3-10-31(36)27-9-7-8-26(24-27)25-16-18-28(19-17-25)37-29-20-22-30(23-21-29)38-34-13-4-1-11-32(34)33-12-2-5-14-35(33)38;1-3-9-18(10-4-1)19-15-16-24-22(17-19)21-13-7-8-14-23(21)25(24)20-11-5-2-6-12-20/h1-16,18-25,37,39H,17H2;1-17H. The number of hydrogen-bond acceptors (Lipinski definition) is 2. The minimum atomic E-state index is 0.305. The van der Waals surface area contributed by atoms with Crippen LogP contribution in [0.5, 0.6) is 5.75 Å². The first-order chi connectivity index (χ1) is 31.7. The third kappa shape index (κ3) is 7.31. The number of hydrogen-bond donors (Lipinski definition) is 2. The molecule has 9 aromatic carbocycles. The molecule has 306 valence electrons. The van der Waals surface area contributed by atoms with Crippen molar-refractivity contribution in [3.63, 3.8) is 0 Å². The lowest BCUT2D eigenvalue weighted by Crippen LogP contribution is -2.04. The Morgan fingerprint density at radius 2 is 0.969 bits per heavy atom. The number of nitrogens with zero attached hydrogens (tertiary/aromatic N) is 2. The smallest absolute Gasteiger partial charge is 0.123 e. The Labute approximate surface area is 372 Å². The second kappa shape index (κ2) is 16.8. The summed E-state index contributed by atoms with van der Waals surface area (Å²) in [6, 6.07) is 78.4. The van der Waals surface area contributed by atoms with Crippen LogP contribution in [-0.4, -0.2) is 14.2 Å². The van der Waals surface area contributed by atoms with Gasteiger partial charge in [-0.1, -0.05) is 164 Å². The van der Waals surface area contributed by atoms with Crippen LogP contribution < -0.4 is 5.32 Å². The molecule has 2 heterocycles. The number of rotatable bonds is 7. The summed E-state index contributed by atoms with van der Waals surface area (Å²) in [7, 11) is 0. The maximum atomic E-state index is 10.3. The fraction of sp³-hybridized carbons (Fsp3) is 0.0333. The second-order valence-corrected chi connectivity index (χ2v) is 16.3. The summed E-state index contributed by atoms with van der Waals surface area (Å²) in [6.45, 7) is 0. The first-order valence-electron chi connectivity index (χ1n) is 21.9. The van der Waals surface area contributed by atoms with Gasteiger partial charge in [0.2, 0.25) is 0 Å². The summed E-state index contributed by atoms with van der Waals surface area (Å²) in [5, 5.41) is 19.0. The average molecular weight is 824 g/mol. The van der Waals surface area contributed by atoms with E-state index in [9.17, 15) is 5.11 Å². The number of phenols is 1. The fourth-order valence-corrected chi connectivity index (χ4v) is 9.31. The molecule has 4 nitrogen and oxygen atoms in total. The van der Waals surface area contributed by atoms with Gasteiger partial charge in [0.25, 0.3) is 0 Å². The molecule has 2 N–H and O–H groups in total. The van der Waals surface area contributed by atoms with Gasteiger partial charge in [-0.15, -0.1) is 0 Å². The lowest BCUT2D eigenvalue weighted by atomic mass is 9.89. The summed E-state index contributed by atoms with van der Waals surface area (Å²) in [5.41, 5.74) is 15.1. The minimum Gasteiger partial charge on any atom is -0.507 e. The van der Waals surface area contributed by atoms with E-state index in [0.717, 1.165) is 34.6 Å². The number of anilines is 1. The summed E-state index contributed by atoms with van der Waals surface area (Å²) in [4.78, 5) is 0. The van der Waals surface area contributed by atoms with E-state index in [1.165, 1.54) is 66.0 Å². The van der Waals surface area contributed by atoms with Gasteiger partial charge in [-0.25, -0.2) is 0 Å². The van der Waals surface area contributed by atoms with Crippen molar-refractivity contribution in [3.05, 3.63) is 254 Å². The van der Waals surface area contributed by atoms with Crippen molar-refractivity contribution in [2.24, 2.45) is 0 Å². The highest BCUT2D eigenvalue weighted by atomic mass is 16.3. The molecule has 12 rings (SSSR count). The van der Waals surface area contributed by atoms with Gasteiger partial charge in [-0.2, -0.15) is 0 Å². The Bertz CT molecular complexity index is 3450. The van der Waals surface area contributed by atoms with Gasteiger partial charge in [-0.3, -0.25) is 0 Å². The van der Waals surface area contributed by atoms with Gasteiger partial charge in [0, 0.05) is 55.8 Å². The van der Waals surface area contributed by atoms with Crippen molar-refractivity contribution in [3.8, 4) is 39.4 Å². The summed E-state index contributed by atoms with van der Waals surface area (Å²) in [6.07, 6.45) is 7.61. The predicted octanol–water partition coefficient (Wildman–Crippen LogP) is 15.6. The molecule has 1 aliphatic rings. The van der Waals surface area contributed by atoms with E-state index < -0.39 is 0 Å². The Hall–Kier alpha value is -8.34. The van der Waals surface area contributed by atoms with Gasteiger partial charge in [0.1, 0.15) is 5.75 Å². The normalized spacial score (nSPS) is 13.5. The summed E-state index contributed by atoms with van der Waals surface area (Å²) >= 11 is 0. The molecule has 11 aromatic rings. The molecule has 0 saturated carbocycles. The third-order valence-electron chi connectivity index (χ3n) is 12.4. The van der Waals surface area contributed by atoms with E-state index in [2.05, 4.69) is 233 Å². The Morgan fingerprint density at radius 1 is 0.422 bits per heavy atom. The summed E-state index contributed by atoms with van der Waals surface area (Å²) in [5.74, 6) is 0.614. The van der Waals surface area contributed by atoms with Crippen LogP contribution in [0.25, 0.3) is 77.2 Å². The average Bonchev–Trinajstić information content (AvgIpc) is 3.88. The quantitative estimate of drug-likeness (QED) is 0.168. The Balaban J connectivity index is 0.000000157. The first kappa shape index (κ1) is 38.6. The zero-order chi connectivity index (χ0) is 42.8. The molecule has 1 atom stereocenters. The molecule has 1 aliphatic carbocycles. The SMILES string of the molecule is Oc1ccccc1-c1cccc(C2C=CC(Nc3ccc(-n4c5ccccc5c5ccccc54)cc3)=CC2)c1.c1ccc(-c2ccc3c(c2)c2ccccc2n3-c2ccccc2)cc1. The molecule has 0 aliphatic heterocycles. The highest BCUT2D eigenvalue weighted by Gasteiger charge is 2.16. The van der Waals surface area contributed by atoms with E-state index in [0.29, 0.717) is 11.7 Å². The van der Waals surface area contributed by atoms with Crippen LogP contribution in [0.1, 0.15) is 17.9 Å². The van der Waals surface area contributed by atoms with Gasteiger partial charge in [0.15, 0.2) is 0 Å². The highest BCUT2D eigenvalue weighted by Crippen LogP contribution is 2.37. The van der Waals surface area contributed by atoms with Crippen molar-refractivity contribution < 1.29 is 5.11 Å². The third-order valence-corrected chi connectivity index (χ3v) is 12.4. The van der Waals surface area contributed by atoms with Gasteiger partial charge >= 0.3 is 0 Å². The molecule has 0 spiro atoms. The van der Waals surface area contributed by atoms with Crippen molar-refractivity contribution in [1.29, 1.82) is 0 Å². The largest absolute Gasteiger partial charge is 0.507 e. The predicted molar refractivity (Wildman–Crippen MR) is 269 cm³/mol. The van der Waals surface area contributed by atoms with Crippen LogP contribution >= 0.6 is 0 Å². The van der Waals surface area contributed by atoms with E-state index in [1.54, 1.807) is 6.07 Å². The Morgan fingerprint density at radius 3 is 1.61 bits per heavy atom. The number of allylic oxidation sites excluding steroid dienone is 3. The van der Waals surface area contributed by atoms with E-state index >= 15 is 0 Å². The molecule has 0 bridgehead atoms. The molecule has 1 unspecified atom stereocenters. The Kier molecular flexibility index (Phi) is 10.2. The van der Waals surface area contributed by atoms with Crippen LogP contribution in [0.2, 0.25) is 0 Å². The highest BCUT2D eigenvalue weighted by molar-refractivity contribution is 6.11. The van der Waals surface area contributed by atoms with Crippen LogP contribution in [0, 0.1) is 0 Å². The molecule has 2 aromatic heterocycles. The van der Waals surface area contributed by atoms with E-state index in [4.69, 9.17) is 0 Å². The van der Waals surface area contributed by atoms with Gasteiger partial charge in [0.05, 0.1) is 22.1 Å². The maximum Gasteiger partial charge on any atom is 0.123 e. The molecule has 0 amide bonds. The van der Waals surface area contributed by atoms with Crippen molar-refractivity contribution >= 4 is 49.3 Å². The van der Waals surface area contributed by atoms with Crippen molar-refractivity contribution in [2.45, 2.75) is 12.3 Å². The molecular weight excluding hydrogens is 779 g/mol. The molecule has 4 heteroatoms. The fourth-order valence-electron chi connectivity index (χ4n) is 9.31. The zero-order valence-electron chi connectivity index (χ0n) is 35.2. The lowest BCUT2D eigenvalue weighted by molar-refractivity contribution is 0.477. The molecule has 0 radical (unpaired) electrons. The van der Waals surface area contributed by atoms with Crippen molar-refractivity contribution in [1.82, 2.24) is 9.13 Å². The number of benzene rings is 9. The maximum absolute atomic E-state index is 10.3. The number of para-hydroxylation sites is 5. The topological polar surface area (TPSA) is 42.1 Å². The second-order valence-electron chi connectivity index (χ2n) is 16.3. The minimum absolute atomic E-state index is 0.305. The molecular formula is C60H45N3O. The molecule has 0 saturated heterocycles. The van der Waals surface area contributed by atoms with Gasteiger partial charge in [-0.05, 0) is 108 Å². The number of nitrogens with one attached hydrogen (secondary N) is 1. The lowest BCUT2D eigenvalue weighted by Gasteiger charge is -2.19. The summed E-state index contributed by atoms with van der Waals surface area (Å²) < 4.78 is 4.68. The number of aromatic nitrogens is 2. The first-order valence-corrected chi connectivity index (χ1v) is 21.9.